The highest BCUT2D eigenvalue weighted by atomic mass is 35.5. The molecule has 2 amide bonds. The van der Waals surface area contributed by atoms with E-state index in [9.17, 15) is 14.4 Å². The third-order valence-electron chi connectivity index (χ3n) is 4.36. The molecule has 0 spiro atoms. The van der Waals surface area contributed by atoms with E-state index in [2.05, 4.69) is 10.00 Å². The number of carbonyl (C=O) groups is 2. The van der Waals surface area contributed by atoms with E-state index in [-0.39, 0.29) is 23.2 Å². The summed E-state index contributed by atoms with van der Waals surface area (Å²) < 4.78 is 1.04. The molecule has 0 atom stereocenters. The molecule has 0 aliphatic carbocycles. The van der Waals surface area contributed by atoms with E-state index >= 15 is 0 Å². The Morgan fingerprint density at radius 2 is 1.82 bits per heavy atom. The van der Waals surface area contributed by atoms with E-state index in [0.717, 1.165) is 35.2 Å². The van der Waals surface area contributed by atoms with Gasteiger partial charge in [-0.15, -0.1) is 11.8 Å². The summed E-state index contributed by atoms with van der Waals surface area (Å²) in [5.74, 6) is -0.707. The summed E-state index contributed by atoms with van der Waals surface area (Å²) >= 11 is 7.10. The van der Waals surface area contributed by atoms with Gasteiger partial charge in [-0.05, 0) is 12.1 Å². The van der Waals surface area contributed by atoms with Crippen LogP contribution >= 0.6 is 23.4 Å². The standard InChI is InChI=1S/C18H20ClN5O3S/c19-17-14(28-12-15(20)25)10-21-24(18(17)27)11-16(26)23-8-6-22(7-9-23)13-4-2-1-3-5-13/h1-5,10H,6-9,11-12H2,(H2,20,25). The first kappa shape index (κ1) is 20.2. The number of para-hydroxylation sites is 1. The van der Waals surface area contributed by atoms with E-state index in [1.54, 1.807) is 4.90 Å². The predicted molar refractivity (Wildman–Crippen MR) is 109 cm³/mol. The summed E-state index contributed by atoms with van der Waals surface area (Å²) in [6, 6.07) is 10.0. The predicted octanol–water partition coefficient (Wildman–Crippen LogP) is 0.823. The maximum atomic E-state index is 12.6. The Morgan fingerprint density at radius 3 is 2.46 bits per heavy atom. The van der Waals surface area contributed by atoms with E-state index in [1.165, 1.54) is 6.20 Å². The van der Waals surface area contributed by atoms with E-state index in [4.69, 9.17) is 17.3 Å². The van der Waals surface area contributed by atoms with Crippen LogP contribution in [-0.2, 0) is 16.1 Å². The SMILES string of the molecule is NC(=O)CSc1cnn(CC(=O)N2CCN(c3ccccc3)CC2)c(=O)c1Cl. The fourth-order valence-electron chi connectivity index (χ4n) is 2.89. The van der Waals surface area contributed by atoms with E-state index in [1.807, 2.05) is 30.3 Å². The number of rotatable bonds is 6. The van der Waals surface area contributed by atoms with Crippen molar-refractivity contribution in [2.75, 3.05) is 36.8 Å². The van der Waals surface area contributed by atoms with Gasteiger partial charge in [0.1, 0.15) is 11.6 Å². The van der Waals surface area contributed by atoms with Gasteiger partial charge in [0.25, 0.3) is 5.56 Å². The number of halogens is 1. The number of benzene rings is 1. The number of anilines is 1. The smallest absolute Gasteiger partial charge is 0.287 e. The first-order chi connectivity index (χ1) is 13.5. The number of nitrogens with zero attached hydrogens (tertiary/aromatic N) is 4. The molecule has 0 unspecified atom stereocenters. The molecule has 0 radical (unpaired) electrons. The molecule has 10 heteroatoms. The number of thioether (sulfide) groups is 1. The fourth-order valence-corrected chi connectivity index (χ4v) is 3.84. The number of carbonyl (C=O) groups excluding carboxylic acids is 2. The van der Waals surface area contributed by atoms with Crippen molar-refractivity contribution in [3.8, 4) is 0 Å². The number of aromatic nitrogens is 2. The van der Waals surface area contributed by atoms with Gasteiger partial charge < -0.3 is 15.5 Å². The van der Waals surface area contributed by atoms with Gasteiger partial charge in [-0.25, -0.2) is 4.68 Å². The average molecular weight is 422 g/mol. The van der Waals surface area contributed by atoms with Gasteiger partial charge in [-0.1, -0.05) is 29.8 Å². The molecule has 3 rings (SSSR count). The monoisotopic (exact) mass is 421 g/mol. The van der Waals surface area contributed by atoms with Crippen LogP contribution in [0.1, 0.15) is 0 Å². The van der Waals surface area contributed by atoms with Crippen molar-refractivity contribution >= 4 is 40.9 Å². The number of amides is 2. The Balaban J connectivity index is 1.60. The second kappa shape index (κ2) is 9.11. The Morgan fingerprint density at radius 1 is 1.14 bits per heavy atom. The summed E-state index contributed by atoms with van der Waals surface area (Å²) in [6.45, 7) is 2.42. The fraction of sp³-hybridized carbons (Fsp3) is 0.333. The third kappa shape index (κ3) is 4.85. The van der Waals surface area contributed by atoms with Crippen LogP contribution in [0.5, 0.6) is 0 Å². The Labute approximate surface area is 171 Å². The quantitative estimate of drug-likeness (QED) is 0.693. The van der Waals surface area contributed by atoms with Gasteiger partial charge in [0.2, 0.25) is 11.8 Å². The minimum absolute atomic E-state index is 0.00449. The highest BCUT2D eigenvalue weighted by Crippen LogP contribution is 2.22. The van der Waals surface area contributed by atoms with E-state index < -0.39 is 11.5 Å². The lowest BCUT2D eigenvalue weighted by Crippen LogP contribution is -2.50. The Bertz CT molecular complexity index is 913. The molecule has 1 saturated heterocycles. The largest absolute Gasteiger partial charge is 0.369 e. The minimum atomic E-state index is -0.563. The highest BCUT2D eigenvalue weighted by Gasteiger charge is 2.22. The molecule has 0 bridgehead atoms. The zero-order valence-electron chi connectivity index (χ0n) is 15.1. The summed E-state index contributed by atoms with van der Waals surface area (Å²) in [5.41, 5.74) is 5.66. The van der Waals surface area contributed by atoms with Crippen LogP contribution in [0, 0.1) is 0 Å². The molecule has 1 aliphatic rings. The van der Waals surface area contributed by atoms with Crippen LogP contribution in [0.4, 0.5) is 5.69 Å². The maximum Gasteiger partial charge on any atom is 0.287 e. The molecule has 0 saturated carbocycles. The normalized spacial score (nSPS) is 14.2. The molecule has 1 aliphatic heterocycles. The van der Waals surface area contributed by atoms with Gasteiger partial charge in [-0.2, -0.15) is 5.10 Å². The minimum Gasteiger partial charge on any atom is -0.369 e. The van der Waals surface area contributed by atoms with Gasteiger partial charge >= 0.3 is 0 Å². The highest BCUT2D eigenvalue weighted by molar-refractivity contribution is 8.00. The van der Waals surface area contributed by atoms with Gasteiger partial charge in [0.05, 0.1) is 16.8 Å². The van der Waals surface area contributed by atoms with Crippen LogP contribution in [0.3, 0.4) is 0 Å². The number of hydrogen-bond acceptors (Lipinski definition) is 6. The molecule has 1 fully saturated rings. The van der Waals surface area contributed by atoms with Gasteiger partial charge in [0.15, 0.2) is 0 Å². The van der Waals surface area contributed by atoms with Crippen molar-refractivity contribution in [3.05, 3.63) is 51.9 Å². The number of primary amides is 1. The molecule has 148 valence electrons. The van der Waals surface area contributed by atoms with Crippen molar-refractivity contribution in [2.24, 2.45) is 5.73 Å². The number of hydrogen-bond donors (Lipinski definition) is 1. The van der Waals surface area contributed by atoms with Gasteiger partial charge in [-0.3, -0.25) is 14.4 Å². The molecular weight excluding hydrogens is 402 g/mol. The Hall–Kier alpha value is -2.52. The van der Waals surface area contributed by atoms with Crippen LogP contribution in [-0.4, -0.2) is 58.4 Å². The number of piperazine rings is 1. The van der Waals surface area contributed by atoms with Crippen molar-refractivity contribution < 1.29 is 9.59 Å². The van der Waals surface area contributed by atoms with Gasteiger partial charge in [0, 0.05) is 31.9 Å². The summed E-state index contributed by atoms with van der Waals surface area (Å²) in [6.07, 6.45) is 1.37. The number of nitrogens with two attached hydrogens (primary N) is 1. The van der Waals surface area contributed by atoms with Crippen molar-refractivity contribution in [3.63, 3.8) is 0 Å². The molecule has 1 aromatic carbocycles. The zero-order valence-corrected chi connectivity index (χ0v) is 16.7. The third-order valence-corrected chi connectivity index (χ3v) is 5.89. The van der Waals surface area contributed by atoms with Crippen molar-refractivity contribution in [2.45, 2.75) is 11.4 Å². The molecular formula is C18H20ClN5O3S. The van der Waals surface area contributed by atoms with E-state index in [0.29, 0.717) is 18.0 Å². The molecule has 8 nitrogen and oxygen atoms in total. The van der Waals surface area contributed by atoms with Crippen LogP contribution in [0.15, 0.2) is 46.2 Å². The summed E-state index contributed by atoms with van der Waals surface area (Å²) in [7, 11) is 0. The van der Waals surface area contributed by atoms with Crippen molar-refractivity contribution in [1.82, 2.24) is 14.7 Å². The topological polar surface area (TPSA) is 102 Å². The zero-order chi connectivity index (χ0) is 20.1. The maximum absolute atomic E-state index is 12.6. The molecule has 28 heavy (non-hydrogen) atoms. The first-order valence-corrected chi connectivity index (χ1v) is 10.1. The van der Waals surface area contributed by atoms with Crippen molar-refractivity contribution in [1.29, 1.82) is 0 Å². The van der Waals surface area contributed by atoms with Crippen LogP contribution in [0.2, 0.25) is 5.02 Å². The summed E-state index contributed by atoms with van der Waals surface area (Å²) in [4.78, 5) is 40.1. The molecule has 2 aromatic rings. The molecule has 2 heterocycles. The molecule has 1 aromatic heterocycles. The summed E-state index contributed by atoms with van der Waals surface area (Å²) in [5, 5.41) is 3.94. The van der Waals surface area contributed by atoms with Crippen LogP contribution < -0.4 is 16.2 Å². The molecule has 2 N–H and O–H groups in total. The lowest BCUT2D eigenvalue weighted by Gasteiger charge is -2.36. The first-order valence-electron chi connectivity index (χ1n) is 8.70. The lowest BCUT2D eigenvalue weighted by atomic mass is 10.2. The second-order valence-electron chi connectivity index (χ2n) is 6.24. The average Bonchev–Trinajstić information content (AvgIpc) is 2.71. The second-order valence-corrected chi connectivity index (χ2v) is 7.64. The Kier molecular flexibility index (Phi) is 6.58. The lowest BCUT2D eigenvalue weighted by molar-refractivity contribution is -0.132. The van der Waals surface area contributed by atoms with Crippen LogP contribution in [0.25, 0.3) is 0 Å².